The Morgan fingerprint density at radius 1 is 1.53 bits per heavy atom. The topological polar surface area (TPSA) is 35.6 Å². The average molecular weight is 243 g/mol. The maximum absolute atomic E-state index is 13.0. The predicted octanol–water partition coefficient (Wildman–Crippen LogP) is 0.924. The number of hydrogen-bond donors (Lipinski definition) is 1. The molecule has 1 saturated carbocycles. The summed E-state index contributed by atoms with van der Waals surface area (Å²) in [5, 5.41) is 1.82. The third kappa shape index (κ3) is 1.71. The minimum absolute atomic E-state index is 0.0451. The maximum Gasteiger partial charge on any atom is 0.253 e. The lowest BCUT2D eigenvalue weighted by Crippen LogP contribution is -2.41. The fourth-order valence-corrected chi connectivity index (χ4v) is 2.52. The van der Waals surface area contributed by atoms with Gasteiger partial charge in [0.25, 0.3) is 5.92 Å². The molecule has 94 valence electrons. The molecule has 0 bridgehead atoms. The van der Waals surface area contributed by atoms with E-state index in [1.165, 1.54) is 0 Å². The number of hydrogen-bond acceptors (Lipinski definition) is 3. The zero-order chi connectivity index (χ0) is 12.2. The van der Waals surface area contributed by atoms with Crippen molar-refractivity contribution in [3.63, 3.8) is 0 Å². The summed E-state index contributed by atoms with van der Waals surface area (Å²) in [5.74, 6) is -2.39. The van der Waals surface area contributed by atoms with Crippen LogP contribution in [0.5, 0.6) is 0 Å². The highest BCUT2D eigenvalue weighted by atomic mass is 19.3. The van der Waals surface area contributed by atoms with Crippen LogP contribution >= 0.6 is 0 Å². The van der Waals surface area contributed by atoms with Crippen molar-refractivity contribution in [2.45, 2.75) is 31.2 Å². The first kappa shape index (κ1) is 11.0. The number of amides is 1. The second-order valence-electron chi connectivity index (χ2n) is 4.96. The quantitative estimate of drug-likeness (QED) is 0.744. The Hall–Kier alpha value is -1.17. The normalized spacial score (nSPS) is 35.5. The molecule has 0 aromatic carbocycles. The van der Waals surface area contributed by atoms with E-state index in [-0.39, 0.29) is 18.4 Å². The van der Waals surface area contributed by atoms with Gasteiger partial charge in [0.1, 0.15) is 5.82 Å². The second kappa shape index (κ2) is 3.41. The van der Waals surface area contributed by atoms with Crippen LogP contribution in [0.1, 0.15) is 19.3 Å². The molecule has 0 radical (unpaired) electrons. The molecule has 2 aliphatic heterocycles. The number of alkyl halides is 2. The largest absolute Gasteiger partial charge is 0.301 e. The van der Waals surface area contributed by atoms with Crippen molar-refractivity contribution < 1.29 is 13.6 Å². The van der Waals surface area contributed by atoms with Gasteiger partial charge in [-0.2, -0.15) is 0 Å². The van der Waals surface area contributed by atoms with Crippen molar-refractivity contribution in [2.24, 2.45) is 5.92 Å². The first-order valence-corrected chi connectivity index (χ1v) is 5.89. The lowest BCUT2D eigenvalue weighted by Gasteiger charge is -2.25. The summed E-state index contributed by atoms with van der Waals surface area (Å²) in [7, 11) is 1.70. The van der Waals surface area contributed by atoms with Gasteiger partial charge in [-0.05, 0) is 12.5 Å². The zero-order valence-electron chi connectivity index (χ0n) is 9.62. The van der Waals surface area contributed by atoms with Gasteiger partial charge >= 0.3 is 0 Å². The summed E-state index contributed by atoms with van der Waals surface area (Å²) in [6.45, 7) is 0.691. The van der Waals surface area contributed by atoms with Crippen LogP contribution in [0.15, 0.2) is 11.9 Å². The molecule has 1 amide bonds. The van der Waals surface area contributed by atoms with Crippen molar-refractivity contribution in [2.75, 3.05) is 13.6 Å². The van der Waals surface area contributed by atoms with E-state index < -0.39 is 11.8 Å². The Labute approximate surface area is 98.2 Å². The summed E-state index contributed by atoms with van der Waals surface area (Å²) in [6.07, 6.45) is 2.96. The Morgan fingerprint density at radius 2 is 2.24 bits per heavy atom. The summed E-state index contributed by atoms with van der Waals surface area (Å²) in [5.41, 5.74) is 3.07. The molecule has 3 aliphatic rings. The van der Waals surface area contributed by atoms with Crippen LogP contribution in [0.4, 0.5) is 8.78 Å². The van der Waals surface area contributed by atoms with Crippen LogP contribution in [0.2, 0.25) is 0 Å². The Balaban J connectivity index is 1.80. The average Bonchev–Trinajstić information content (AvgIpc) is 2.75. The third-order valence-electron chi connectivity index (χ3n) is 3.71. The van der Waals surface area contributed by atoms with Crippen molar-refractivity contribution in [1.82, 2.24) is 15.3 Å². The van der Waals surface area contributed by atoms with Gasteiger partial charge in [0, 0.05) is 32.4 Å². The van der Waals surface area contributed by atoms with Crippen LogP contribution in [0, 0.1) is 5.92 Å². The van der Waals surface area contributed by atoms with Gasteiger partial charge in [-0.1, -0.05) is 0 Å². The minimum atomic E-state index is -2.54. The molecule has 0 aromatic rings. The fraction of sp³-hybridized carbons (Fsp3) is 0.727. The van der Waals surface area contributed by atoms with E-state index in [2.05, 4.69) is 5.43 Å². The Kier molecular flexibility index (Phi) is 2.20. The summed E-state index contributed by atoms with van der Waals surface area (Å²) < 4.78 is 26.0. The fourth-order valence-electron chi connectivity index (χ4n) is 2.52. The van der Waals surface area contributed by atoms with Crippen LogP contribution in [-0.4, -0.2) is 41.4 Å². The van der Waals surface area contributed by atoms with E-state index >= 15 is 0 Å². The van der Waals surface area contributed by atoms with Gasteiger partial charge < -0.3 is 4.90 Å². The SMILES string of the molecule is CN1C(=O)CCCN2NC(C3CC3(F)F)C=C21. The first-order valence-electron chi connectivity index (χ1n) is 5.89. The Morgan fingerprint density at radius 3 is 2.88 bits per heavy atom. The molecule has 2 atom stereocenters. The minimum Gasteiger partial charge on any atom is -0.301 e. The van der Waals surface area contributed by atoms with Gasteiger partial charge in [0.05, 0.1) is 6.04 Å². The number of carbonyl (C=O) groups is 1. The van der Waals surface area contributed by atoms with Crippen LogP contribution < -0.4 is 5.43 Å². The van der Waals surface area contributed by atoms with Crippen molar-refractivity contribution in [1.29, 1.82) is 0 Å². The number of nitrogens with one attached hydrogen (secondary N) is 1. The molecule has 2 heterocycles. The predicted molar refractivity (Wildman–Crippen MR) is 56.8 cm³/mol. The van der Waals surface area contributed by atoms with Gasteiger partial charge in [-0.25, -0.2) is 14.2 Å². The molecule has 1 saturated heterocycles. The van der Waals surface area contributed by atoms with E-state index in [0.717, 1.165) is 12.2 Å². The molecule has 3 rings (SSSR count). The molecular formula is C11H15F2N3O. The molecular weight excluding hydrogens is 228 g/mol. The highest BCUT2D eigenvalue weighted by Gasteiger charge is 2.61. The number of nitrogens with zero attached hydrogens (tertiary/aromatic N) is 2. The smallest absolute Gasteiger partial charge is 0.253 e. The molecule has 1 N–H and O–H groups in total. The maximum atomic E-state index is 13.0. The van der Waals surface area contributed by atoms with Crippen LogP contribution in [0.25, 0.3) is 0 Å². The second-order valence-corrected chi connectivity index (χ2v) is 4.96. The lowest BCUT2D eigenvalue weighted by molar-refractivity contribution is -0.128. The Bertz CT molecular complexity index is 396. The van der Waals surface area contributed by atoms with Gasteiger partial charge in [-0.3, -0.25) is 9.80 Å². The van der Waals surface area contributed by atoms with E-state index in [1.54, 1.807) is 18.0 Å². The van der Waals surface area contributed by atoms with E-state index in [9.17, 15) is 13.6 Å². The molecule has 2 fully saturated rings. The number of hydrazine groups is 1. The van der Waals surface area contributed by atoms with Crippen molar-refractivity contribution in [3.05, 3.63) is 11.9 Å². The molecule has 6 heteroatoms. The van der Waals surface area contributed by atoms with Crippen LogP contribution in [0.3, 0.4) is 0 Å². The molecule has 1 aliphatic carbocycles. The van der Waals surface area contributed by atoms with Gasteiger partial charge in [0.2, 0.25) is 5.91 Å². The monoisotopic (exact) mass is 243 g/mol. The number of halogens is 2. The van der Waals surface area contributed by atoms with Crippen LogP contribution in [-0.2, 0) is 4.79 Å². The zero-order valence-corrected chi connectivity index (χ0v) is 9.62. The number of fused-ring (bicyclic) bond motifs is 1. The van der Waals surface area contributed by atoms with Gasteiger partial charge in [-0.15, -0.1) is 0 Å². The molecule has 17 heavy (non-hydrogen) atoms. The standard InChI is InChI=1S/C11H15F2N3O/c1-15-9-5-8(7-6-11(7,12)13)14-16(9)4-2-3-10(15)17/h5,7-8,14H,2-4,6H2,1H3. The van der Waals surface area contributed by atoms with Gasteiger partial charge in [0.15, 0.2) is 0 Å². The van der Waals surface area contributed by atoms with E-state index in [0.29, 0.717) is 13.0 Å². The summed E-state index contributed by atoms with van der Waals surface area (Å²) >= 11 is 0. The molecule has 2 unspecified atom stereocenters. The lowest BCUT2D eigenvalue weighted by atomic mass is 10.2. The van der Waals surface area contributed by atoms with E-state index in [1.807, 2.05) is 5.01 Å². The molecule has 4 nitrogen and oxygen atoms in total. The summed E-state index contributed by atoms with van der Waals surface area (Å²) in [4.78, 5) is 13.2. The van der Waals surface area contributed by atoms with Crippen molar-refractivity contribution >= 4 is 5.91 Å². The van der Waals surface area contributed by atoms with Crippen molar-refractivity contribution in [3.8, 4) is 0 Å². The third-order valence-corrected chi connectivity index (χ3v) is 3.71. The highest BCUT2D eigenvalue weighted by Crippen LogP contribution is 2.52. The van der Waals surface area contributed by atoms with E-state index in [4.69, 9.17) is 0 Å². The highest BCUT2D eigenvalue weighted by molar-refractivity contribution is 5.78. The molecule has 0 aromatic heterocycles. The number of carbonyl (C=O) groups excluding carboxylic acids is 1. The number of rotatable bonds is 1. The first-order chi connectivity index (χ1) is 7.99. The molecule has 0 spiro atoms. The summed E-state index contributed by atoms with van der Waals surface area (Å²) in [6, 6.07) is -0.339.